The molecule has 0 radical (unpaired) electrons. The van der Waals surface area contributed by atoms with Crippen molar-refractivity contribution in [2.75, 3.05) is 6.54 Å². The summed E-state index contributed by atoms with van der Waals surface area (Å²) in [6, 6.07) is 0.449. The first-order chi connectivity index (χ1) is 16.1. The molecule has 1 heterocycles. The fraction of sp³-hybridized carbons (Fsp3) is 0.867. The van der Waals surface area contributed by atoms with E-state index >= 15 is 0 Å². The van der Waals surface area contributed by atoms with E-state index in [9.17, 15) is 14.7 Å². The average molecular weight is 474 g/mol. The second-order valence-electron chi connectivity index (χ2n) is 12.9. The van der Waals surface area contributed by atoms with E-state index in [1.807, 2.05) is 6.08 Å². The third-order valence-corrected chi connectivity index (χ3v) is 8.73. The zero-order valence-corrected chi connectivity index (χ0v) is 22.5. The molecule has 3 rings (SSSR count). The van der Waals surface area contributed by atoms with Crippen LogP contribution in [0.4, 0.5) is 0 Å². The van der Waals surface area contributed by atoms with Crippen LogP contribution < -0.4 is 0 Å². The molecule has 34 heavy (non-hydrogen) atoms. The molecular weight excluding hydrogens is 422 g/mol. The summed E-state index contributed by atoms with van der Waals surface area (Å²) in [5.41, 5.74) is 0.664. The number of likely N-dealkylation sites (tertiary alicyclic amines) is 1. The summed E-state index contributed by atoms with van der Waals surface area (Å²) in [6.45, 7) is 10.2. The number of aliphatic hydroxyl groups is 1. The lowest BCUT2D eigenvalue weighted by Gasteiger charge is -2.39. The van der Waals surface area contributed by atoms with Gasteiger partial charge in [-0.1, -0.05) is 78.4 Å². The molecule has 0 aromatic rings. The Morgan fingerprint density at radius 3 is 2.65 bits per heavy atom. The first-order valence-corrected chi connectivity index (χ1v) is 14.3. The molecule has 1 amide bonds. The first kappa shape index (κ1) is 27.4. The number of unbranched alkanes of at least 4 members (excludes halogenated alkanes) is 5. The number of ketones is 1. The van der Waals surface area contributed by atoms with Crippen LogP contribution in [0.3, 0.4) is 0 Å². The SMILES string of the molecule is CCCCC[C@H](O)/C=C/[C@H]1CCC(=O)[C@@H]1CCCCCCC(=O)N1C[C@@]2(C)C[C@H]1CC(C)(C)C2. The van der Waals surface area contributed by atoms with Crippen LogP contribution in [0.25, 0.3) is 0 Å². The Morgan fingerprint density at radius 2 is 1.88 bits per heavy atom. The molecule has 4 heteroatoms. The van der Waals surface area contributed by atoms with Crippen LogP contribution in [0.2, 0.25) is 0 Å². The molecule has 0 aromatic heterocycles. The summed E-state index contributed by atoms with van der Waals surface area (Å²) in [6.07, 6.45) is 18.9. The monoisotopic (exact) mass is 473 g/mol. The highest BCUT2D eigenvalue weighted by atomic mass is 16.3. The van der Waals surface area contributed by atoms with Gasteiger partial charge >= 0.3 is 0 Å². The van der Waals surface area contributed by atoms with E-state index in [2.05, 4.69) is 38.7 Å². The topological polar surface area (TPSA) is 57.6 Å². The number of Topliss-reactive ketones (excluding diaryl/α,β-unsaturated/α-hetero) is 1. The predicted molar refractivity (Wildman–Crippen MR) is 139 cm³/mol. The molecular formula is C30H51NO3. The molecule has 2 aliphatic carbocycles. The second kappa shape index (κ2) is 12.2. The van der Waals surface area contributed by atoms with Crippen molar-refractivity contribution >= 4 is 11.7 Å². The number of aliphatic hydroxyl groups excluding tert-OH is 1. The van der Waals surface area contributed by atoms with E-state index < -0.39 is 0 Å². The third kappa shape index (κ3) is 7.67. The zero-order valence-electron chi connectivity index (χ0n) is 22.5. The van der Waals surface area contributed by atoms with Crippen molar-refractivity contribution in [1.82, 2.24) is 4.90 Å². The summed E-state index contributed by atoms with van der Waals surface area (Å²) in [4.78, 5) is 27.6. The van der Waals surface area contributed by atoms with Crippen molar-refractivity contribution in [3.63, 3.8) is 0 Å². The van der Waals surface area contributed by atoms with Crippen LogP contribution in [0.15, 0.2) is 12.2 Å². The zero-order chi connectivity index (χ0) is 24.8. The van der Waals surface area contributed by atoms with Crippen LogP contribution in [0, 0.1) is 22.7 Å². The van der Waals surface area contributed by atoms with E-state index in [4.69, 9.17) is 0 Å². The summed E-state index contributed by atoms with van der Waals surface area (Å²) < 4.78 is 0. The highest BCUT2D eigenvalue weighted by Crippen LogP contribution is 2.52. The van der Waals surface area contributed by atoms with Crippen LogP contribution in [0.1, 0.15) is 124 Å². The molecule has 0 aromatic carbocycles. The van der Waals surface area contributed by atoms with Gasteiger partial charge in [0.2, 0.25) is 5.91 Å². The second-order valence-corrected chi connectivity index (χ2v) is 12.9. The molecule has 0 unspecified atom stereocenters. The van der Waals surface area contributed by atoms with Gasteiger partial charge in [0.15, 0.2) is 0 Å². The molecule has 3 aliphatic rings. The fourth-order valence-electron chi connectivity index (χ4n) is 7.40. The number of hydrogen-bond acceptors (Lipinski definition) is 3. The largest absolute Gasteiger partial charge is 0.389 e. The van der Waals surface area contributed by atoms with Crippen molar-refractivity contribution in [3.8, 4) is 0 Å². The van der Waals surface area contributed by atoms with E-state index in [1.54, 1.807) is 0 Å². The Kier molecular flexibility index (Phi) is 9.83. The van der Waals surface area contributed by atoms with Crippen LogP contribution in [-0.4, -0.2) is 40.4 Å². The minimum Gasteiger partial charge on any atom is -0.389 e. The van der Waals surface area contributed by atoms with E-state index in [-0.39, 0.29) is 12.0 Å². The smallest absolute Gasteiger partial charge is 0.222 e. The highest BCUT2D eigenvalue weighted by Gasteiger charge is 2.50. The molecule has 1 N–H and O–H groups in total. The van der Waals surface area contributed by atoms with Crippen molar-refractivity contribution < 1.29 is 14.7 Å². The number of allylic oxidation sites excluding steroid dienone is 1. The standard InChI is InChI=1S/C30H51NO3/c1-5-6-9-12-25(32)17-15-23-16-18-27(33)26(23)13-10-7-8-11-14-28(34)31-22-30(4)20-24(31)19-29(2,3)21-30/h15,17,23-26,32H,5-14,16,18-22H2,1-4H3/b17-15+/t23-,24+,25-,26+,30-/m0/s1. The van der Waals surface area contributed by atoms with Crippen molar-refractivity contribution in [3.05, 3.63) is 12.2 Å². The van der Waals surface area contributed by atoms with Crippen LogP contribution in [0.5, 0.6) is 0 Å². The maximum absolute atomic E-state index is 12.9. The van der Waals surface area contributed by atoms with E-state index in [0.29, 0.717) is 47.3 Å². The minimum atomic E-state index is -0.371. The van der Waals surface area contributed by atoms with Gasteiger partial charge in [-0.05, 0) is 61.7 Å². The summed E-state index contributed by atoms with van der Waals surface area (Å²) in [7, 11) is 0. The van der Waals surface area contributed by atoms with Gasteiger partial charge in [0.25, 0.3) is 0 Å². The van der Waals surface area contributed by atoms with Gasteiger partial charge in [-0.2, -0.15) is 0 Å². The average Bonchev–Trinajstić information content (AvgIpc) is 3.23. The van der Waals surface area contributed by atoms with Gasteiger partial charge in [-0.25, -0.2) is 0 Å². The highest BCUT2D eigenvalue weighted by molar-refractivity contribution is 5.83. The molecule has 4 nitrogen and oxygen atoms in total. The Hall–Kier alpha value is -1.16. The maximum atomic E-state index is 12.9. The number of fused-ring (bicyclic) bond motifs is 2. The van der Waals surface area contributed by atoms with Crippen molar-refractivity contribution in [2.45, 2.75) is 136 Å². The maximum Gasteiger partial charge on any atom is 0.222 e. The molecule has 2 bridgehead atoms. The Morgan fingerprint density at radius 1 is 1.12 bits per heavy atom. The number of carbonyl (C=O) groups excluding carboxylic acids is 2. The molecule has 2 saturated carbocycles. The van der Waals surface area contributed by atoms with Gasteiger partial charge < -0.3 is 10.0 Å². The Balaban J connectivity index is 1.33. The minimum absolute atomic E-state index is 0.133. The Labute approximate surface area is 208 Å². The van der Waals surface area contributed by atoms with Gasteiger partial charge in [0.1, 0.15) is 5.78 Å². The van der Waals surface area contributed by atoms with Gasteiger partial charge in [-0.3, -0.25) is 9.59 Å². The lowest BCUT2D eigenvalue weighted by molar-refractivity contribution is -0.132. The third-order valence-electron chi connectivity index (χ3n) is 8.73. The molecule has 1 saturated heterocycles. The lowest BCUT2D eigenvalue weighted by Crippen LogP contribution is -2.37. The van der Waals surface area contributed by atoms with E-state index in [1.165, 1.54) is 19.3 Å². The first-order valence-electron chi connectivity index (χ1n) is 14.3. The number of nitrogens with zero attached hydrogens (tertiary/aromatic N) is 1. The molecule has 0 spiro atoms. The predicted octanol–water partition coefficient (Wildman–Crippen LogP) is 6.85. The summed E-state index contributed by atoms with van der Waals surface area (Å²) in [5.74, 6) is 1.20. The number of hydrogen-bond donors (Lipinski definition) is 1. The molecule has 3 fully saturated rings. The quantitative estimate of drug-likeness (QED) is 0.235. The molecule has 194 valence electrons. The van der Waals surface area contributed by atoms with Crippen molar-refractivity contribution in [1.29, 1.82) is 0 Å². The summed E-state index contributed by atoms with van der Waals surface area (Å²) in [5, 5.41) is 10.2. The normalized spacial score (nSPS) is 31.5. The van der Waals surface area contributed by atoms with Gasteiger partial charge in [0, 0.05) is 31.3 Å². The van der Waals surface area contributed by atoms with Crippen molar-refractivity contribution in [2.24, 2.45) is 22.7 Å². The number of rotatable bonds is 13. The number of carbonyl (C=O) groups is 2. The van der Waals surface area contributed by atoms with Gasteiger partial charge in [-0.15, -0.1) is 0 Å². The summed E-state index contributed by atoms with van der Waals surface area (Å²) >= 11 is 0. The van der Waals surface area contributed by atoms with Crippen LogP contribution in [-0.2, 0) is 9.59 Å². The lowest BCUT2D eigenvalue weighted by atomic mass is 9.65. The Bertz CT molecular complexity index is 714. The van der Waals surface area contributed by atoms with Crippen LogP contribution >= 0.6 is 0 Å². The fourth-order valence-corrected chi connectivity index (χ4v) is 7.40. The molecule has 1 aliphatic heterocycles. The van der Waals surface area contributed by atoms with Gasteiger partial charge in [0.05, 0.1) is 6.10 Å². The number of amides is 1. The molecule has 5 atom stereocenters. The van der Waals surface area contributed by atoms with E-state index in [0.717, 1.165) is 70.8 Å².